The number of aromatic nitrogens is 2. The number of amides is 1. The SMILES string of the molecule is O=C(NCCc1ncc[nH]1)c1ccc(Cl)cc1Cl. The van der Waals surface area contributed by atoms with Crippen LogP contribution in [0.4, 0.5) is 0 Å². The van der Waals surface area contributed by atoms with Crippen LogP contribution >= 0.6 is 23.2 Å². The minimum Gasteiger partial charge on any atom is -0.352 e. The molecule has 1 amide bonds. The fourth-order valence-corrected chi connectivity index (χ4v) is 1.99. The van der Waals surface area contributed by atoms with Crippen LogP contribution in [0.25, 0.3) is 0 Å². The third-order valence-electron chi connectivity index (χ3n) is 2.38. The number of hydrogen-bond acceptors (Lipinski definition) is 2. The van der Waals surface area contributed by atoms with Gasteiger partial charge in [-0.05, 0) is 18.2 Å². The van der Waals surface area contributed by atoms with Gasteiger partial charge in [0.2, 0.25) is 0 Å². The minimum atomic E-state index is -0.219. The van der Waals surface area contributed by atoms with Gasteiger partial charge in [0.25, 0.3) is 5.91 Å². The van der Waals surface area contributed by atoms with Crippen molar-refractivity contribution in [1.82, 2.24) is 15.3 Å². The number of aromatic amines is 1. The van der Waals surface area contributed by atoms with Crippen LogP contribution in [0.15, 0.2) is 30.6 Å². The fraction of sp³-hybridized carbons (Fsp3) is 0.167. The highest BCUT2D eigenvalue weighted by atomic mass is 35.5. The maximum Gasteiger partial charge on any atom is 0.252 e. The standard InChI is InChI=1S/C12H11Cl2N3O/c13-8-1-2-9(10(14)7-8)12(18)17-4-3-11-15-5-6-16-11/h1-2,5-7H,3-4H2,(H,15,16)(H,17,18). The molecular formula is C12H11Cl2N3O. The molecule has 0 aliphatic carbocycles. The second-order valence-corrected chi connectivity index (χ2v) is 4.51. The van der Waals surface area contributed by atoms with E-state index in [9.17, 15) is 4.79 Å². The van der Waals surface area contributed by atoms with Crippen LogP contribution in [0.3, 0.4) is 0 Å². The van der Waals surface area contributed by atoms with Crippen molar-refractivity contribution in [2.24, 2.45) is 0 Å². The van der Waals surface area contributed by atoms with Crippen molar-refractivity contribution in [3.05, 3.63) is 52.0 Å². The van der Waals surface area contributed by atoms with Crippen molar-refractivity contribution in [2.75, 3.05) is 6.54 Å². The molecule has 0 atom stereocenters. The molecule has 4 nitrogen and oxygen atoms in total. The number of carbonyl (C=O) groups excluding carboxylic acids is 1. The number of H-pyrrole nitrogens is 1. The Morgan fingerprint density at radius 3 is 2.89 bits per heavy atom. The van der Waals surface area contributed by atoms with Crippen molar-refractivity contribution in [3.63, 3.8) is 0 Å². The molecule has 0 bridgehead atoms. The maximum atomic E-state index is 11.8. The molecule has 2 rings (SSSR count). The molecule has 1 heterocycles. The van der Waals surface area contributed by atoms with Crippen LogP contribution in [0.1, 0.15) is 16.2 Å². The first-order chi connectivity index (χ1) is 8.66. The lowest BCUT2D eigenvalue weighted by Gasteiger charge is -2.06. The van der Waals surface area contributed by atoms with E-state index in [4.69, 9.17) is 23.2 Å². The summed E-state index contributed by atoms with van der Waals surface area (Å²) in [5.74, 6) is 0.612. The van der Waals surface area contributed by atoms with E-state index in [0.29, 0.717) is 28.6 Å². The van der Waals surface area contributed by atoms with Crippen molar-refractivity contribution in [3.8, 4) is 0 Å². The van der Waals surface area contributed by atoms with Gasteiger partial charge in [0.1, 0.15) is 5.82 Å². The van der Waals surface area contributed by atoms with Gasteiger partial charge in [-0.3, -0.25) is 4.79 Å². The molecule has 0 unspecified atom stereocenters. The fourth-order valence-electron chi connectivity index (χ4n) is 1.50. The smallest absolute Gasteiger partial charge is 0.252 e. The van der Waals surface area contributed by atoms with Crippen LogP contribution in [-0.4, -0.2) is 22.4 Å². The highest BCUT2D eigenvalue weighted by molar-refractivity contribution is 6.36. The summed E-state index contributed by atoms with van der Waals surface area (Å²) >= 11 is 11.7. The van der Waals surface area contributed by atoms with Crippen molar-refractivity contribution >= 4 is 29.1 Å². The maximum absolute atomic E-state index is 11.8. The Balaban J connectivity index is 1.91. The molecule has 0 spiro atoms. The number of rotatable bonds is 4. The Kier molecular flexibility index (Phi) is 4.23. The Morgan fingerprint density at radius 1 is 1.39 bits per heavy atom. The van der Waals surface area contributed by atoms with Gasteiger partial charge in [-0.2, -0.15) is 0 Å². The Bertz CT molecular complexity index is 540. The molecule has 2 N–H and O–H groups in total. The molecule has 2 aromatic rings. The molecule has 0 radical (unpaired) electrons. The summed E-state index contributed by atoms with van der Waals surface area (Å²) in [4.78, 5) is 18.9. The lowest BCUT2D eigenvalue weighted by Crippen LogP contribution is -2.26. The average Bonchev–Trinajstić information content (AvgIpc) is 2.81. The summed E-state index contributed by atoms with van der Waals surface area (Å²) in [5.41, 5.74) is 0.417. The second kappa shape index (κ2) is 5.89. The van der Waals surface area contributed by atoms with Crippen LogP contribution in [0, 0.1) is 0 Å². The van der Waals surface area contributed by atoms with Gasteiger partial charge < -0.3 is 10.3 Å². The Morgan fingerprint density at radius 2 is 2.22 bits per heavy atom. The zero-order valence-electron chi connectivity index (χ0n) is 9.41. The van der Waals surface area contributed by atoms with Crippen molar-refractivity contribution in [1.29, 1.82) is 0 Å². The van der Waals surface area contributed by atoms with E-state index in [1.165, 1.54) is 0 Å². The molecule has 18 heavy (non-hydrogen) atoms. The lowest BCUT2D eigenvalue weighted by atomic mass is 10.2. The van der Waals surface area contributed by atoms with E-state index >= 15 is 0 Å². The number of imidazole rings is 1. The van der Waals surface area contributed by atoms with Gasteiger partial charge in [0, 0.05) is 30.4 Å². The van der Waals surface area contributed by atoms with E-state index in [0.717, 1.165) is 5.82 Å². The number of halogens is 2. The topological polar surface area (TPSA) is 57.8 Å². The van der Waals surface area contributed by atoms with E-state index < -0.39 is 0 Å². The molecule has 0 saturated carbocycles. The number of hydrogen-bond donors (Lipinski definition) is 2. The van der Waals surface area contributed by atoms with Gasteiger partial charge in [-0.1, -0.05) is 23.2 Å². The first kappa shape index (κ1) is 12.9. The van der Waals surface area contributed by atoms with Crippen LogP contribution in [0.5, 0.6) is 0 Å². The normalized spacial score (nSPS) is 10.3. The van der Waals surface area contributed by atoms with E-state index in [1.807, 2.05) is 0 Å². The zero-order valence-corrected chi connectivity index (χ0v) is 10.9. The lowest BCUT2D eigenvalue weighted by molar-refractivity contribution is 0.0954. The summed E-state index contributed by atoms with van der Waals surface area (Å²) in [5, 5.41) is 3.62. The number of carbonyl (C=O) groups is 1. The molecular weight excluding hydrogens is 273 g/mol. The largest absolute Gasteiger partial charge is 0.352 e. The summed E-state index contributed by atoms with van der Waals surface area (Å²) in [6, 6.07) is 4.78. The first-order valence-electron chi connectivity index (χ1n) is 5.38. The highest BCUT2D eigenvalue weighted by Crippen LogP contribution is 2.20. The summed E-state index contributed by atoms with van der Waals surface area (Å²) < 4.78 is 0. The van der Waals surface area contributed by atoms with E-state index in [-0.39, 0.29) is 5.91 Å². The molecule has 94 valence electrons. The predicted octanol–water partition coefficient (Wildman–Crippen LogP) is 2.69. The van der Waals surface area contributed by atoms with E-state index in [2.05, 4.69) is 15.3 Å². The van der Waals surface area contributed by atoms with Gasteiger partial charge in [-0.15, -0.1) is 0 Å². The number of nitrogens with one attached hydrogen (secondary N) is 2. The third-order valence-corrected chi connectivity index (χ3v) is 2.93. The average molecular weight is 284 g/mol. The molecule has 6 heteroatoms. The molecule has 1 aromatic heterocycles. The van der Waals surface area contributed by atoms with Crippen molar-refractivity contribution < 1.29 is 4.79 Å². The van der Waals surface area contributed by atoms with Gasteiger partial charge in [0.15, 0.2) is 0 Å². The molecule has 1 aromatic carbocycles. The van der Waals surface area contributed by atoms with Gasteiger partial charge in [-0.25, -0.2) is 4.98 Å². The summed E-state index contributed by atoms with van der Waals surface area (Å²) in [6.07, 6.45) is 4.06. The van der Waals surface area contributed by atoms with Gasteiger partial charge >= 0.3 is 0 Å². The summed E-state index contributed by atoms with van der Waals surface area (Å²) in [7, 11) is 0. The Hall–Kier alpha value is -1.52. The summed E-state index contributed by atoms with van der Waals surface area (Å²) in [6.45, 7) is 0.491. The monoisotopic (exact) mass is 283 g/mol. The first-order valence-corrected chi connectivity index (χ1v) is 6.14. The number of nitrogens with zero attached hydrogens (tertiary/aromatic N) is 1. The highest BCUT2D eigenvalue weighted by Gasteiger charge is 2.10. The predicted molar refractivity (Wildman–Crippen MR) is 71.1 cm³/mol. The second-order valence-electron chi connectivity index (χ2n) is 3.67. The molecule has 0 saturated heterocycles. The molecule has 0 aliphatic heterocycles. The van der Waals surface area contributed by atoms with Crippen LogP contribution in [-0.2, 0) is 6.42 Å². The minimum absolute atomic E-state index is 0.219. The van der Waals surface area contributed by atoms with Crippen LogP contribution in [0.2, 0.25) is 10.0 Å². The molecule has 0 aliphatic rings. The van der Waals surface area contributed by atoms with E-state index in [1.54, 1.807) is 30.6 Å². The third kappa shape index (κ3) is 3.24. The van der Waals surface area contributed by atoms with Gasteiger partial charge in [0.05, 0.1) is 10.6 Å². The number of benzene rings is 1. The molecule has 0 fully saturated rings. The van der Waals surface area contributed by atoms with Crippen LogP contribution < -0.4 is 5.32 Å². The zero-order chi connectivity index (χ0) is 13.0. The van der Waals surface area contributed by atoms with Crippen molar-refractivity contribution in [2.45, 2.75) is 6.42 Å². The quantitative estimate of drug-likeness (QED) is 0.906. The Labute approximate surface area is 114 Å².